The van der Waals surface area contributed by atoms with Crippen LogP contribution in [0.1, 0.15) is 26.2 Å². The third kappa shape index (κ3) is 7.33. The Bertz CT molecular complexity index is 112. The maximum Gasteiger partial charge on any atom is 0.303 e. The van der Waals surface area contributed by atoms with E-state index >= 15 is 0 Å². The lowest BCUT2D eigenvalue weighted by Crippen LogP contribution is -2.03. The molecule has 0 saturated heterocycles. The molecule has 0 rings (SSSR count). The zero-order chi connectivity index (χ0) is 8.69. The highest BCUT2D eigenvalue weighted by atomic mass is 16.5. The van der Waals surface area contributed by atoms with Gasteiger partial charge < -0.3 is 9.84 Å². The fourth-order valence-electron chi connectivity index (χ4n) is 0.833. The lowest BCUT2D eigenvalue weighted by atomic mass is 10.0. The highest BCUT2D eigenvalue weighted by Crippen LogP contribution is 2.09. The zero-order valence-electron chi connectivity index (χ0n) is 7.17. The van der Waals surface area contributed by atoms with Gasteiger partial charge in [-0.15, -0.1) is 0 Å². The minimum atomic E-state index is -0.714. The zero-order valence-corrected chi connectivity index (χ0v) is 7.17. The number of hydrogen-bond donors (Lipinski definition) is 1. The van der Waals surface area contributed by atoms with Crippen LogP contribution in [0, 0.1) is 5.92 Å². The molecule has 3 heteroatoms. The van der Waals surface area contributed by atoms with Crippen LogP contribution < -0.4 is 0 Å². The van der Waals surface area contributed by atoms with Crippen molar-refractivity contribution in [2.75, 3.05) is 13.7 Å². The van der Waals surface area contributed by atoms with Crippen LogP contribution in [0.25, 0.3) is 0 Å². The third-order valence-corrected chi connectivity index (χ3v) is 1.67. The number of rotatable bonds is 6. The summed E-state index contributed by atoms with van der Waals surface area (Å²) in [5, 5.41) is 8.36. The summed E-state index contributed by atoms with van der Waals surface area (Å²) in [5.74, 6) is -0.264. The smallest absolute Gasteiger partial charge is 0.303 e. The Labute approximate surface area is 67.4 Å². The quantitative estimate of drug-likeness (QED) is 0.640. The molecule has 0 aromatic rings. The van der Waals surface area contributed by atoms with E-state index in [0.29, 0.717) is 5.92 Å². The molecule has 0 aliphatic heterocycles. The first-order valence-corrected chi connectivity index (χ1v) is 3.87. The van der Waals surface area contributed by atoms with Crippen molar-refractivity contribution < 1.29 is 14.6 Å². The molecule has 11 heavy (non-hydrogen) atoms. The van der Waals surface area contributed by atoms with Crippen molar-refractivity contribution in [2.24, 2.45) is 5.92 Å². The minimum Gasteiger partial charge on any atom is -0.481 e. The summed E-state index contributed by atoms with van der Waals surface area (Å²) in [4.78, 5) is 10.1. The van der Waals surface area contributed by atoms with E-state index in [4.69, 9.17) is 9.84 Å². The molecular formula is C8H16O3. The summed E-state index contributed by atoms with van der Waals surface area (Å²) < 4.78 is 4.87. The van der Waals surface area contributed by atoms with E-state index in [-0.39, 0.29) is 6.42 Å². The lowest BCUT2D eigenvalue weighted by Gasteiger charge is -2.07. The first kappa shape index (κ1) is 10.4. The van der Waals surface area contributed by atoms with E-state index < -0.39 is 5.97 Å². The van der Waals surface area contributed by atoms with Crippen molar-refractivity contribution in [3.8, 4) is 0 Å². The van der Waals surface area contributed by atoms with Gasteiger partial charge >= 0.3 is 5.97 Å². The van der Waals surface area contributed by atoms with Gasteiger partial charge in [0.05, 0.1) is 0 Å². The summed E-state index contributed by atoms with van der Waals surface area (Å²) in [6.07, 6.45) is 1.97. The van der Waals surface area contributed by atoms with E-state index in [1.54, 1.807) is 7.11 Å². The molecule has 0 aromatic heterocycles. The highest BCUT2D eigenvalue weighted by molar-refractivity contribution is 5.66. The largest absolute Gasteiger partial charge is 0.481 e. The molecule has 0 radical (unpaired) electrons. The second kappa shape index (κ2) is 6.16. The van der Waals surface area contributed by atoms with Crippen molar-refractivity contribution in [1.29, 1.82) is 0 Å². The second-order valence-electron chi connectivity index (χ2n) is 2.82. The molecule has 1 N–H and O–H groups in total. The van der Waals surface area contributed by atoms with Crippen LogP contribution in [-0.2, 0) is 9.53 Å². The summed E-state index contributed by atoms with van der Waals surface area (Å²) in [5.41, 5.74) is 0. The third-order valence-electron chi connectivity index (χ3n) is 1.67. The average molecular weight is 160 g/mol. The Morgan fingerprint density at radius 2 is 2.18 bits per heavy atom. The summed E-state index contributed by atoms with van der Waals surface area (Å²) >= 11 is 0. The Hall–Kier alpha value is -0.570. The summed E-state index contributed by atoms with van der Waals surface area (Å²) in [7, 11) is 1.66. The first-order chi connectivity index (χ1) is 5.16. The molecule has 0 heterocycles. The van der Waals surface area contributed by atoms with Gasteiger partial charge in [0, 0.05) is 20.1 Å². The normalized spacial score (nSPS) is 12.9. The number of aliphatic carboxylic acids is 1. The molecule has 3 nitrogen and oxygen atoms in total. The number of carboxylic acid groups (broad SMARTS) is 1. The number of carbonyl (C=O) groups is 1. The van der Waals surface area contributed by atoms with E-state index in [9.17, 15) is 4.79 Å². The minimum absolute atomic E-state index is 0.269. The van der Waals surface area contributed by atoms with Gasteiger partial charge in [-0.1, -0.05) is 6.92 Å². The first-order valence-electron chi connectivity index (χ1n) is 3.87. The van der Waals surface area contributed by atoms with Crippen molar-refractivity contribution >= 4 is 5.97 Å². The van der Waals surface area contributed by atoms with Crippen LogP contribution >= 0.6 is 0 Å². The van der Waals surface area contributed by atoms with Gasteiger partial charge in [0.15, 0.2) is 0 Å². The van der Waals surface area contributed by atoms with Crippen LogP contribution in [0.5, 0.6) is 0 Å². The Morgan fingerprint density at radius 1 is 1.55 bits per heavy atom. The molecule has 0 amide bonds. The Morgan fingerprint density at radius 3 is 2.64 bits per heavy atom. The van der Waals surface area contributed by atoms with Crippen molar-refractivity contribution in [2.45, 2.75) is 26.2 Å². The number of hydrogen-bond acceptors (Lipinski definition) is 2. The van der Waals surface area contributed by atoms with Crippen LogP contribution in [-0.4, -0.2) is 24.8 Å². The second-order valence-corrected chi connectivity index (χ2v) is 2.82. The molecule has 66 valence electrons. The predicted molar refractivity (Wildman–Crippen MR) is 42.5 cm³/mol. The Kier molecular flexibility index (Phi) is 5.84. The van der Waals surface area contributed by atoms with E-state index in [1.165, 1.54) is 0 Å². The van der Waals surface area contributed by atoms with E-state index in [2.05, 4.69) is 0 Å². The molecule has 0 aromatic carbocycles. The van der Waals surface area contributed by atoms with Crippen molar-refractivity contribution in [1.82, 2.24) is 0 Å². The van der Waals surface area contributed by atoms with Crippen molar-refractivity contribution in [3.05, 3.63) is 0 Å². The molecule has 0 aliphatic carbocycles. The van der Waals surface area contributed by atoms with E-state index in [0.717, 1.165) is 19.4 Å². The van der Waals surface area contributed by atoms with Gasteiger partial charge in [-0.25, -0.2) is 0 Å². The monoisotopic (exact) mass is 160 g/mol. The molecule has 0 spiro atoms. The lowest BCUT2D eigenvalue weighted by molar-refractivity contribution is -0.137. The number of ether oxygens (including phenoxy) is 1. The summed E-state index contributed by atoms with van der Waals surface area (Å²) in [6.45, 7) is 2.77. The van der Waals surface area contributed by atoms with Gasteiger partial charge in [-0.2, -0.15) is 0 Å². The highest BCUT2D eigenvalue weighted by Gasteiger charge is 2.04. The molecule has 0 aliphatic rings. The SMILES string of the molecule is COCCC(C)CCC(=O)O. The molecule has 0 fully saturated rings. The van der Waals surface area contributed by atoms with Crippen LogP contribution in [0.3, 0.4) is 0 Å². The maximum absolute atomic E-state index is 10.1. The average Bonchev–Trinajstić information content (AvgIpc) is 1.97. The van der Waals surface area contributed by atoms with Crippen LogP contribution in [0.15, 0.2) is 0 Å². The van der Waals surface area contributed by atoms with Crippen LogP contribution in [0.2, 0.25) is 0 Å². The van der Waals surface area contributed by atoms with Gasteiger partial charge in [0.25, 0.3) is 0 Å². The Balaban J connectivity index is 3.22. The van der Waals surface area contributed by atoms with Crippen LogP contribution in [0.4, 0.5) is 0 Å². The maximum atomic E-state index is 10.1. The van der Waals surface area contributed by atoms with Gasteiger partial charge in [0.2, 0.25) is 0 Å². The van der Waals surface area contributed by atoms with Gasteiger partial charge in [0.1, 0.15) is 0 Å². The van der Waals surface area contributed by atoms with E-state index in [1.807, 2.05) is 6.92 Å². The fraction of sp³-hybridized carbons (Fsp3) is 0.875. The van der Waals surface area contributed by atoms with Gasteiger partial charge in [-0.3, -0.25) is 4.79 Å². The van der Waals surface area contributed by atoms with Crippen molar-refractivity contribution in [3.63, 3.8) is 0 Å². The molecule has 1 unspecified atom stereocenters. The molecule has 1 atom stereocenters. The molecule has 0 saturated carbocycles. The molecule has 0 bridgehead atoms. The fourth-order valence-corrected chi connectivity index (χ4v) is 0.833. The molecular weight excluding hydrogens is 144 g/mol. The standard InChI is InChI=1S/C8H16O3/c1-7(5-6-11-2)3-4-8(9)10/h7H,3-6H2,1-2H3,(H,9,10). The summed E-state index contributed by atoms with van der Waals surface area (Å²) in [6, 6.07) is 0. The number of methoxy groups -OCH3 is 1. The number of carboxylic acids is 1. The topological polar surface area (TPSA) is 46.5 Å². The van der Waals surface area contributed by atoms with Gasteiger partial charge in [-0.05, 0) is 18.8 Å². The predicted octanol–water partition coefficient (Wildman–Crippen LogP) is 1.52.